The first-order valence-electron chi connectivity index (χ1n) is 5.66. The molecule has 0 aromatic carbocycles. The molecular formula is C13H17NO2. The topological polar surface area (TPSA) is 39.2 Å². The molecule has 2 atom stereocenters. The van der Waals surface area contributed by atoms with Crippen LogP contribution in [0.15, 0.2) is 6.07 Å². The Morgan fingerprint density at radius 3 is 2.62 bits per heavy atom. The van der Waals surface area contributed by atoms with Crippen molar-refractivity contribution in [3.05, 3.63) is 28.6 Å². The number of carbonyl (C=O) groups is 1. The monoisotopic (exact) mass is 219 g/mol. The van der Waals surface area contributed by atoms with Crippen LogP contribution in [0.4, 0.5) is 0 Å². The maximum absolute atomic E-state index is 11.6. The van der Waals surface area contributed by atoms with Gasteiger partial charge in [-0.2, -0.15) is 0 Å². The van der Waals surface area contributed by atoms with Crippen molar-refractivity contribution >= 4 is 5.78 Å². The van der Waals surface area contributed by atoms with Crippen LogP contribution in [-0.2, 0) is 9.53 Å². The summed E-state index contributed by atoms with van der Waals surface area (Å²) in [6, 6.07) is 2.00. The molecule has 0 bridgehead atoms. The fraction of sp³-hybridized carbons (Fsp3) is 0.538. The van der Waals surface area contributed by atoms with Gasteiger partial charge in [0.05, 0.1) is 11.6 Å². The van der Waals surface area contributed by atoms with Gasteiger partial charge in [0.15, 0.2) is 5.78 Å². The number of Topliss-reactive ketones (excluding diaryl/α,β-unsaturated/α-hetero) is 1. The largest absolute Gasteiger partial charge is 0.370 e. The first-order chi connectivity index (χ1) is 7.56. The molecule has 0 spiro atoms. The maximum atomic E-state index is 11.6. The zero-order chi connectivity index (χ0) is 11.9. The highest BCUT2D eigenvalue weighted by Crippen LogP contribution is 2.38. The Hall–Kier alpha value is -1.22. The van der Waals surface area contributed by atoms with Crippen LogP contribution in [0.1, 0.15) is 35.4 Å². The highest BCUT2D eigenvalue weighted by Gasteiger charge is 2.52. The van der Waals surface area contributed by atoms with Crippen molar-refractivity contribution in [3.8, 4) is 0 Å². The van der Waals surface area contributed by atoms with Crippen molar-refractivity contribution < 1.29 is 9.53 Å². The third-order valence-electron chi connectivity index (χ3n) is 3.24. The summed E-state index contributed by atoms with van der Waals surface area (Å²) >= 11 is 0. The van der Waals surface area contributed by atoms with Gasteiger partial charge in [-0.15, -0.1) is 0 Å². The van der Waals surface area contributed by atoms with Crippen molar-refractivity contribution in [2.75, 3.05) is 6.61 Å². The second-order valence-corrected chi connectivity index (χ2v) is 4.33. The molecule has 1 aliphatic carbocycles. The minimum Gasteiger partial charge on any atom is -0.370 e. The molecule has 1 aromatic heterocycles. The fourth-order valence-corrected chi connectivity index (χ4v) is 1.96. The van der Waals surface area contributed by atoms with Crippen LogP contribution in [-0.4, -0.2) is 23.5 Å². The Labute approximate surface area is 95.8 Å². The molecule has 0 radical (unpaired) electrons. The highest BCUT2D eigenvalue weighted by molar-refractivity contribution is 6.06. The van der Waals surface area contributed by atoms with E-state index in [-0.39, 0.29) is 17.8 Å². The second kappa shape index (κ2) is 3.98. The molecular weight excluding hydrogens is 202 g/mol. The number of hydrogen-bond acceptors (Lipinski definition) is 3. The molecule has 3 nitrogen and oxygen atoms in total. The van der Waals surface area contributed by atoms with E-state index in [0.717, 1.165) is 11.4 Å². The smallest absolute Gasteiger partial charge is 0.174 e. The van der Waals surface area contributed by atoms with E-state index < -0.39 is 0 Å². The van der Waals surface area contributed by atoms with Gasteiger partial charge < -0.3 is 4.74 Å². The van der Waals surface area contributed by atoms with E-state index in [1.54, 1.807) is 0 Å². The lowest BCUT2D eigenvalue weighted by molar-refractivity contribution is -0.113. The Morgan fingerprint density at radius 2 is 2.06 bits per heavy atom. The van der Waals surface area contributed by atoms with Gasteiger partial charge in [-0.1, -0.05) is 0 Å². The zero-order valence-electron chi connectivity index (χ0n) is 10.2. The molecule has 0 saturated heterocycles. The van der Waals surface area contributed by atoms with Gasteiger partial charge in [0.2, 0.25) is 0 Å². The SMILES string of the molecule is CCOC1C(=O)[C@H]1c1cc(C)c(C)c(C)n1. The summed E-state index contributed by atoms with van der Waals surface area (Å²) in [5.41, 5.74) is 4.26. The van der Waals surface area contributed by atoms with Gasteiger partial charge in [0, 0.05) is 12.3 Å². The minimum absolute atomic E-state index is 0.127. The summed E-state index contributed by atoms with van der Waals surface area (Å²) in [7, 11) is 0. The Morgan fingerprint density at radius 1 is 1.38 bits per heavy atom. The fourth-order valence-electron chi connectivity index (χ4n) is 1.96. The molecule has 2 rings (SSSR count). The van der Waals surface area contributed by atoms with E-state index in [0.29, 0.717) is 6.61 Å². The van der Waals surface area contributed by atoms with E-state index in [9.17, 15) is 4.79 Å². The third kappa shape index (κ3) is 1.76. The third-order valence-corrected chi connectivity index (χ3v) is 3.24. The number of hydrogen-bond donors (Lipinski definition) is 0. The Bertz CT molecular complexity index is 417. The van der Waals surface area contributed by atoms with E-state index in [1.165, 1.54) is 11.1 Å². The summed E-state index contributed by atoms with van der Waals surface area (Å²) in [5.74, 6) is 0.0370. The number of nitrogens with zero attached hydrogens (tertiary/aromatic N) is 1. The lowest BCUT2D eigenvalue weighted by Crippen LogP contribution is -2.00. The second-order valence-electron chi connectivity index (χ2n) is 4.33. The van der Waals surface area contributed by atoms with Gasteiger partial charge in [-0.05, 0) is 44.9 Å². The van der Waals surface area contributed by atoms with E-state index in [2.05, 4.69) is 18.8 Å². The number of ether oxygens (including phenoxy) is 1. The van der Waals surface area contributed by atoms with Crippen molar-refractivity contribution in [1.82, 2.24) is 4.98 Å². The number of pyridine rings is 1. The van der Waals surface area contributed by atoms with E-state index in [4.69, 9.17) is 4.74 Å². The van der Waals surface area contributed by atoms with Gasteiger partial charge in [-0.3, -0.25) is 9.78 Å². The van der Waals surface area contributed by atoms with Crippen LogP contribution in [0.5, 0.6) is 0 Å². The van der Waals surface area contributed by atoms with Crippen molar-refractivity contribution in [2.45, 2.75) is 39.7 Å². The first kappa shape index (κ1) is 11.3. The summed E-state index contributed by atoms with van der Waals surface area (Å²) < 4.78 is 5.35. The average Bonchev–Trinajstić information content (AvgIpc) is 2.86. The van der Waals surface area contributed by atoms with Crippen molar-refractivity contribution in [1.29, 1.82) is 0 Å². The maximum Gasteiger partial charge on any atom is 0.174 e. The highest BCUT2D eigenvalue weighted by atomic mass is 16.5. The van der Waals surface area contributed by atoms with Gasteiger partial charge in [-0.25, -0.2) is 0 Å². The molecule has 86 valence electrons. The zero-order valence-corrected chi connectivity index (χ0v) is 10.2. The van der Waals surface area contributed by atoms with Gasteiger partial charge >= 0.3 is 0 Å². The van der Waals surface area contributed by atoms with E-state index in [1.807, 2.05) is 19.9 Å². The van der Waals surface area contributed by atoms with Gasteiger partial charge in [0.1, 0.15) is 6.10 Å². The molecule has 0 N–H and O–H groups in total. The van der Waals surface area contributed by atoms with Crippen LogP contribution < -0.4 is 0 Å². The lowest BCUT2D eigenvalue weighted by atomic mass is 10.1. The molecule has 0 aliphatic heterocycles. The average molecular weight is 219 g/mol. The molecule has 1 saturated carbocycles. The van der Waals surface area contributed by atoms with Crippen LogP contribution in [0, 0.1) is 20.8 Å². The number of ketones is 1. The molecule has 3 heteroatoms. The lowest BCUT2D eigenvalue weighted by Gasteiger charge is -2.06. The molecule has 1 heterocycles. The summed E-state index contributed by atoms with van der Waals surface area (Å²) in [5, 5.41) is 0. The molecule has 1 aliphatic rings. The van der Waals surface area contributed by atoms with Crippen molar-refractivity contribution in [3.63, 3.8) is 0 Å². The number of carbonyl (C=O) groups excluding carboxylic acids is 1. The van der Waals surface area contributed by atoms with Crippen LogP contribution >= 0.6 is 0 Å². The predicted molar refractivity (Wildman–Crippen MR) is 61.6 cm³/mol. The molecule has 0 amide bonds. The van der Waals surface area contributed by atoms with Gasteiger partial charge in [0.25, 0.3) is 0 Å². The standard InChI is InChI=1S/C13H17NO2/c1-5-16-13-11(12(13)15)10-6-7(2)8(3)9(4)14-10/h6,11,13H,5H2,1-4H3/t11-,13?/m1/s1. The first-order valence-corrected chi connectivity index (χ1v) is 5.66. The minimum atomic E-state index is -0.251. The normalized spacial score (nSPS) is 23.6. The predicted octanol–water partition coefficient (Wildman–Crippen LogP) is 2.08. The quantitative estimate of drug-likeness (QED) is 0.781. The van der Waals surface area contributed by atoms with Crippen molar-refractivity contribution in [2.24, 2.45) is 0 Å². The summed E-state index contributed by atoms with van der Waals surface area (Å²) in [6.07, 6.45) is -0.251. The van der Waals surface area contributed by atoms with Crippen LogP contribution in [0.25, 0.3) is 0 Å². The number of rotatable bonds is 3. The molecule has 16 heavy (non-hydrogen) atoms. The Balaban J connectivity index is 2.27. The summed E-state index contributed by atoms with van der Waals surface area (Å²) in [4.78, 5) is 16.0. The number of aryl methyl sites for hydroxylation is 2. The van der Waals surface area contributed by atoms with E-state index >= 15 is 0 Å². The molecule has 1 fully saturated rings. The van der Waals surface area contributed by atoms with Crippen LogP contribution in [0.2, 0.25) is 0 Å². The molecule has 1 unspecified atom stereocenters. The summed E-state index contributed by atoms with van der Waals surface area (Å²) in [6.45, 7) is 8.57. The van der Waals surface area contributed by atoms with Crippen LogP contribution in [0.3, 0.4) is 0 Å². The Kier molecular flexibility index (Phi) is 2.80. The molecule has 1 aromatic rings. The number of aromatic nitrogens is 1.